The van der Waals surface area contributed by atoms with Gasteiger partial charge in [0.2, 0.25) is 0 Å². The molecule has 0 bridgehead atoms. The number of nitriles is 1. The first-order valence-corrected chi connectivity index (χ1v) is 12.1. The van der Waals surface area contributed by atoms with Crippen LogP contribution in [0.15, 0.2) is 66.2 Å². The van der Waals surface area contributed by atoms with Gasteiger partial charge in [0.05, 0.1) is 29.7 Å². The predicted molar refractivity (Wildman–Crippen MR) is 133 cm³/mol. The molecule has 0 saturated carbocycles. The third-order valence-electron chi connectivity index (χ3n) is 5.75. The van der Waals surface area contributed by atoms with Crippen LogP contribution in [-0.4, -0.2) is 50.4 Å². The molecule has 0 N–H and O–H groups in total. The number of rotatable bonds is 6. The van der Waals surface area contributed by atoms with E-state index in [1.54, 1.807) is 23.6 Å². The molecule has 4 aromatic rings. The second-order valence-corrected chi connectivity index (χ2v) is 9.23. The lowest BCUT2D eigenvalue weighted by Gasteiger charge is -2.35. The second-order valence-electron chi connectivity index (χ2n) is 7.92. The molecule has 33 heavy (non-hydrogen) atoms. The minimum Gasteiger partial charge on any atom is -0.354 e. The van der Waals surface area contributed by atoms with E-state index in [1.807, 2.05) is 22.9 Å². The Labute approximate surface area is 201 Å². The van der Waals surface area contributed by atoms with Crippen molar-refractivity contribution in [2.24, 2.45) is 0 Å². The molecule has 1 fully saturated rings. The molecule has 4 heterocycles. The minimum atomic E-state index is 0.638. The van der Waals surface area contributed by atoms with Gasteiger partial charge in [-0.2, -0.15) is 5.26 Å². The van der Waals surface area contributed by atoms with Crippen LogP contribution in [0, 0.1) is 16.1 Å². The lowest BCUT2D eigenvalue weighted by molar-refractivity contribution is 0.194. The van der Waals surface area contributed by atoms with Gasteiger partial charge in [0, 0.05) is 32.4 Å². The molecular formula is C24H23N7S2. The van der Waals surface area contributed by atoms with Gasteiger partial charge < -0.3 is 4.90 Å². The second kappa shape index (κ2) is 9.67. The lowest BCUT2D eigenvalue weighted by atomic mass is 10.2. The maximum atomic E-state index is 9.15. The summed E-state index contributed by atoms with van der Waals surface area (Å²) in [5.74, 6) is 1.77. The van der Waals surface area contributed by atoms with Gasteiger partial charge in [-0.05, 0) is 41.4 Å². The van der Waals surface area contributed by atoms with Crippen LogP contribution in [0.2, 0.25) is 0 Å². The van der Waals surface area contributed by atoms with Crippen LogP contribution < -0.4 is 4.90 Å². The third kappa shape index (κ3) is 4.73. The number of benzene rings is 1. The van der Waals surface area contributed by atoms with Gasteiger partial charge in [-0.15, -0.1) is 16.4 Å². The Kier molecular flexibility index (Phi) is 6.30. The molecule has 1 aliphatic heterocycles. The highest BCUT2D eigenvalue weighted by molar-refractivity contribution is 7.71. The van der Waals surface area contributed by atoms with E-state index in [0.29, 0.717) is 18.8 Å². The van der Waals surface area contributed by atoms with E-state index < -0.39 is 0 Å². The SMILES string of the molecule is N#Cc1ccnc(N2CCN(Cn3nc(-c4cccs4)n(Cc4ccccc4)c3=S)CC2)c1. The molecule has 5 rings (SSSR count). The van der Waals surface area contributed by atoms with E-state index in [4.69, 9.17) is 22.6 Å². The number of piperazine rings is 1. The summed E-state index contributed by atoms with van der Waals surface area (Å²) in [5.41, 5.74) is 1.84. The zero-order chi connectivity index (χ0) is 22.6. The molecule has 9 heteroatoms. The average Bonchev–Trinajstić information content (AvgIpc) is 3.50. The van der Waals surface area contributed by atoms with Gasteiger partial charge in [0.15, 0.2) is 10.6 Å². The Balaban J connectivity index is 1.33. The van der Waals surface area contributed by atoms with Crippen molar-refractivity contribution in [1.29, 1.82) is 5.26 Å². The topological polar surface area (TPSA) is 65.9 Å². The molecule has 1 aromatic carbocycles. The summed E-state index contributed by atoms with van der Waals surface area (Å²) in [6.07, 6.45) is 1.70. The number of thiophene rings is 1. The molecule has 0 atom stereocenters. The van der Waals surface area contributed by atoms with Crippen LogP contribution >= 0.6 is 23.6 Å². The standard InChI is InChI=1S/C24H23N7S2/c25-16-20-8-9-26-22(15-20)29-12-10-28(11-13-29)18-31-24(32)30(17-19-5-2-1-3-6-19)23(27-31)21-7-4-14-33-21/h1-9,14-15H,10-13,17-18H2. The highest BCUT2D eigenvalue weighted by Gasteiger charge is 2.21. The zero-order valence-corrected chi connectivity index (χ0v) is 19.7. The van der Waals surface area contributed by atoms with Crippen molar-refractivity contribution in [1.82, 2.24) is 24.2 Å². The van der Waals surface area contributed by atoms with E-state index in [0.717, 1.165) is 47.5 Å². The Bertz CT molecular complexity index is 1310. The van der Waals surface area contributed by atoms with Crippen molar-refractivity contribution in [3.63, 3.8) is 0 Å². The Hall–Kier alpha value is -3.32. The summed E-state index contributed by atoms with van der Waals surface area (Å²) in [6, 6.07) is 20.3. The molecular weight excluding hydrogens is 450 g/mol. The monoisotopic (exact) mass is 473 g/mol. The van der Waals surface area contributed by atoms with Crippen molar-refractivity contribution < 1.29 is 0 Å². The number of pyridine rings is 1. The first-order valence-electron chi connectivity index (χ1n) is 10.8. The van der Waals surface area contributed by atoms with E-state index in [1.165, 1.54) is 5.56 Å². The number of aromatic nitrogens is 4. The van der Waals surface area contributed by atoms with Crippen LogP contribution in [0.5, 0.6) is 0 Å². The van der Waals surface area contributed by atoms with Gasteiger partial charge >= 0.3 is 0 Å². The van der Waals surface area contributed by atoms with Crippen LogP contribution in [0.25, 0.3) is 10.7 Å². The van der Waals surface area contributed by atoms with Gasteiger partial charge in [-0.3, -0.25) is 9.47 Å². The van der Waals surface area contributed by atoms with Gasteiger partial charge in [-0.1, -0.05) is 36.4 Å². The Morgan fingerprint density at radius 2 is 1.85 bits per heavy atom. The Morgan fingerprint density at radius 3 is 2.58 bits per heavy atom. The average molecular weight is 474 g/mol. The fourth-order valence-corrected chi connectivity index (χ4v) is 4.97. The minimum absolute atomic E-state index is 0.638. The summed E-state index contributed by atoms with van der Waals surface area (Å²) in [7, 11) is 0. The van der Waals surface area contributed by atoms with Crippen molar-refractivity contribution in [2.75, 3.05) is 31.1 Å². The summed E-state index contributed by atoms with van der Waals surface area (Å²) in [4.78, 5) is 10.1. The molecule has 7 nitrogen and oxygen atoms in total. The van der Waals surface area contributed by atoms with Crippen LogP contribution in [0.4, 0.5) is 5.82 Å². The smallest absolute Gasteiger partial charge is 0.199 e. The van der Waals surface area contributed by atoms with E-state index in [-0.39, 0.29) is 0 Å². The summed E-state index contributed by atoms with van der Waals surface area (Å²) < 4.78 is 4.80. The maximum absolute atomic E-state index is 9.15. The van der Waals surface area contributed by atoms with Crippen LogP contribution in [0.1, 0.15) is 11.1 Å². The first kappa shape index (κ1) is 21.5. The summed E-state index contributed by atoms with van der Waals surface area (Å²) >= 11 is 7.55. The van der Waals surface area contributed by atoms with E-state index >= 15 is 0 Å². The van der Waals surface area contributed by atoms with Gasteiger partial charge in [0.1, 0.15) is 5.82 Å². The zero-order valence-electron chi connectivity index (χ0n) is 18.0. The molecule has 0 amide bonds. The van der Waals surface area contributed by atoms with Gasteiger partial charge in [-0.25, -0.2) is 9.67 Å². The van der Waals surface area contributed by atoms with Crippen LogP contribution in [0.3, 0.4) is 0 Å². The van der Waals surface area contributed by atoms with E-state index in [2.05, 4.69) is 61.1 Å². The van der Waals surface area contributed by atoms with Crippen molar-refractivity contribution in [3.05, 3.63) is 82.1 Å². The summed E-state index contributed by atoms with van der Waals surface area (Å²) in [5, 5.41) is 16.1. The molecule has 1 saturated heterocycles. The number of hydrogen-bond acceptors (Lipinski definition) is 7. The first-order chi connectivity index (χ1) is 16.2. The fourth-order valence-electron chi connectivity index (χ4n) is 4.00. The van der Waals surface area contributed by atoms with Gasteiger partial charge in [0.25, 0.3) is 0 Å². The van der Waals surface area contributed by atoms with Crippen LogP contribution in [-0.2, 0) is 13.2 Å². The molecule has 0 unspecified atom stereocenters. The highest BCUT2D eigenvalue weighted by Crippen LogP contribution is 2.25. The normalized spacial score (nSPS) is 14.3. The molecule has 0 radical (unpaired) electrons. The van der Waals surface area contributed by atoms with Crippen molar-refractivity contribution >= 4 is 29.4 Å². The maximum Gasteiger partial charge on any atom is 0.199 e. The number of anilines is 1. The number of hydrogen-bond donors (Lipinski definition) is 0. The van der Waals surface area contributed by atoms with Crippen molar-refractivity contribution in [2.45, 2.75) is 13.2 Å². The molecule has 0 spiro atoms. The fraction of sp³-hybridized carbons (Fsp3) is 0.250. The largest absolute Gasteiger partial charge is 0.354 e. The molecule has 166 valence electrons. The quantitative estimate of drug-likeness (QED) is 0.390. The Morgan fingerprint density at radius 1 is 1.03 bits per heavy atom. The lowest BCUT2D eigenvalue weighted by Crippen LogP contribution is -2.47. The molecule has 3 aromatic heterocycles. The van der Waals surface area contributed by atoms with Crippen molar-refractivity contribution in [3.8, 4) is 16.8 Å². The number of nitrogens with zero attached hydrogens (tertiary/aromatic N) is 7. The summed E-state index contributed by atoms with van der Waals surface area (Å²) in [6.45, 7) is 4.79. The molecule has 1 aliphatic rings. The predicted octanol–water partition coefficient (Wildman–Crippen LogP) is 4.24. The highest BCUT2D eigenvalue weighted by atomic mass is 32.1. The van der Waals surface area contributed by atoms with E-state index in [9.17, 15) is 0 Å². The third-order valence-corrected chi connectivity index (χ3v) is 7.05. The molecule has 0 aliphatic carbocycles.